The monoisotopic (exact) mass is 278 g/mol. The number of benzene rings is 1. The van der Waals surface area contributed by atoms with Gasteiger partial charge < -0.3 is 15.8 Å². The maximum atomic E-state index is 12.3. The molecule has 0 saturated carbocycles. The van der Waals surface area contributed by atoms with Crippen LogP contribution in [0.25, 0.3) is 0 Å². The van der Waals surface area contributed by atoms with Crippen LogP contribution in [0.15, 0.2) is 18.2 Å². The average Bonchev–Trinajstić information content (AvgIpc) is 2.36. The zero-order valence-corrected chi connectivity index (χ0v) is 12.4. The summed E-state index contributed by atoms with van der Waals surface area (Å²) < 4.78 is 4.73. The SMILES string of the molecule is COC(=O)C(CC(C)C)NC(=O)c1c(C)cccc1N. The predicted molar refractivity (Wildman–Crippen MR) is 78.3 cm³/mol. The number of hydrogen-bond acceptors (Lipinski definition) is 4. The van der Waals surface area contributed by atoms with Crippen LogP contribution in [0.3, 0.4) is 0 Å². The Labute approximate surface area is 119 Å². The molecule has 0 saturated heterocycles. The van der Waals surface area contributed by atoms with Gasteiger partial charge in [0, 0.05) is 5.69 Å². The number of ether oxygens (including phenoxy) is 1. The van der Waals surface area contributed by atoms with Crippen LogP contribution in [0.4, 0.5) is 5.69 Å². The summed E-state index contributed by atoms with van der Waals surface area (Å²) >= 11 is 0. The van der Waals surface area contributed by atoms with Gasteiger partial charge in [-0.2, -0.15) is 0 Å². The third-order valence-electron chi connectivity index (χ3n) is 3.03. The summed E-state index contributed by atoms with van der Waals surface area (Å²) in [4.78, 5) is 24.0. The lowest BCUT2D eigenvalue weighted by molar-refractivity contribution is -0.143. The summed E-state index contributed by atoms with van der Waals surface area (Å²) in [6.45, 7) is 5.76. The minimum atomic E-state index is -0.661. The molecule has 1 aromatic rings. The number of hydrogen-bond donors (Lipinski definition) is 2. The highest BCUT2D eigenvalue weighted by Crippen LogP contribution is 2.17. The minimum Gasteiger partial charge on any atom is -0.467 e. The van der Waals surface area contributed by atoms with Crippen molar-refractivity contribution in [1.29, 1.82) is 0 Å². The molecule has 0 aliphatic heterocycles. The molecule has 110 valence electrons. The number of amides is 1. The zero-order chi connectivity index (χ0) is 15.3. The van der Waals surface area contributed by atoms with Gasteiger partial charge in [0.15, 0.2) is 0 Å². The predicted octanol–water partition coefficient (Wildman–Crippen LogP) is 1.89. The molecule has 20 heavy (non-hydrogen) atoms. The molecule has 0 spiro atoms. The first-order valence-corrected chi connectivity index (χ1v) is 6.60. The Morgan fingerprint density at radius 3 is 2.50 bits per heavy atom. The molecule has 5 heteroatoms. The van der Waals surface area contributed by atoms with Gasteiger partial charge in [0.2, 0.25) is 0 Å². The summed E-state index contributed by atoms with van der Waals surface area (Å²) in [5.74, 6) is -0.538. The molecule has 1 atom stereocenters. The number of methoxy groups -OCH3 is 1. The van der Waals surface area contributed by atoms with Crippen LogP contribution in [-0.4, -0.2) is 25.0 Å². The average molecular weight is 278 g/mol. The van der Waals surface area contributed by atoms with Crippen molar-refractivity contribution in [3.05, 3.63) is 29.3 Å². The molecule has 1 rings (SSSR count). The van der Waals surface area contributed by atoms with Gasteiger partial charge in [0.05, 0.1) is 12.7 Å². The van der Waals surface area contributed by atoms with Crippen molar-refractivity contribution < 1.29 is 14.3 Å². The van der Waals surface area contributed by atoms with E-state index in [2.05, 4.69) is 5.32 Å². The number of carbonyl (C=O) groups excluding carboxylic acids is 2. The van der Waals surface area contributed by atoms with E-state index in [0.717, 1.165) is 5.56 Å². The van der Waals surface area contributed by atoms with Gasteiger partial charge in [-0.1, -0.05) is 26.0 Å². The number of aryl methyl sites for hydroxylation is 1. The topological polar surface area (TPSA) is 81.4 Å². The molecule has 0 fully saturated rings. The van der Waals surface area contributed by atoms with Crippen molar-refractivity contribution >= 4 is 17.6 Å². The van der Waals surface area contributed by atoms with Gasteiger partial charge in [-0.25, -0.2) is 4.79 Å². The van der Waals surface area contributed by atoms with E-state index < -0.39 is 12.0 Å². The van der Waals surface area contributed by atoms with Crippen LogP contribution in [0, 0.1) is 12.8 Å². The first kappa shape index (κ1) is 16.0. The smallest absolute Gasteiger partial charge is 0.328 e. The molecule has 0 bridgehead atoms. The van der Waals surface area contributed by atoms with Gasteiger partial charge in [0.1, 0.15) is 6.04 Å². The van der Waals surface area contributed by atoms with Crippen molar-refractivity contribution in [2.75, 3.05) is 12.8 Å². The van der Waals surface area contributed by atoms with E-state index in [0.29, 0.717) is 17.7 Å². The van der Waals surface area contributed by atoms with E-state index in [9.17, 15) is 9.59 Å². The van der Waals surface area contributed by atoms with Crippen molar-refractivity contribution in [3.63, 3.8) is 0 Å². The highest BCUT2D eigenvalue weighted by Gasteiger charge is 2.24. The lowest BCUT2D eigenvalue weighted by atomic mass is 10.0. The Bertz CT molecular complexity index is 478. The molecular weight excluding hydrogens is 256 g/mol. The van der Waals surface area contributed by atoms with E-state index in [1.165, 1.54) is 7.11 Å². The van der Waals surface area contributed by atoms with Crippen molar-refractivity contribution in [3.8, 4) is 0 Å². The van der Waals surface area contributed by atoms with Crippen molar-refractivity contribution in [1.82, 2.24) is 5.32 Å². The fraction of sp³-hybridized carbons (Fsp3) is 0.467. The quantitative estimate of drug-likeness (QED) is 0.636. The summed E-state index contributed by atoms with van der Waals surface area (Å²) in [7, 11) is 1.31. The number of nitrogens with one attached hydrogen (secondary N) is 1. The molecule has 3 N–H and O–H groups in total. The summed E-state index contributed by atoms with van der Waals surface area (Å²) in [6, 6.07) is 4.60. The minimum absolute atomic E-state index is 0.258. The third-order valence-corrected chi connectivity index (χ3v) is 3.03. The maximum absolute atomic E-state index is 12.3. The van der Waals surface area contributed by atoms with Gasteiger partial charge in [-0.15, -0.1) is 0 Å². The Morgan fingerprint density at radius 2 is 2.00 bits per heavy atom. The lowest BCUT2D eigenvalue weighted by Gasteiger charge is -2.19. The van der Waals surface area contributed by atoms with Gasteiger partial charge in [0.25, 0.3) is 5.91 Å². The second kappa shape index (κ2) is 6.93. The molecule has 0 aliphatic rings. The number of rotatable bonds is 5. The lowest BCUT2D eigenvalue weighted by Crippen LogP contribution is -2.42. The summed E-state index contributed by atoms with van der Waals surface area (Å²) in [5.41, 5.74) is 7.41. The van der Waals surface area contributed by atoms with E-state index in [1.54, 1.807) is 25.1 Å². The van der Waals surface area contributed by atoms with Crippen molar-refractivity contribution in [2.45, 2.75) is 33.2 Å². The number of carbonyl (C=O) groups is 2. The number of esters is 1. The van der Waals surface area contributed by atoms with E-state index in [4.69, 9.17) is 10.5 Å². The molecule has 5 nitrogen and oxygen atoms in total. The second-order valence-corrected chi connectivity index (χ2v) is 5.22. The Balaban J connectivity index is 2.93. The Kier molecular flexibility index (Phi) is 5.55. The molecule has 1 amide bonds. The third kappa shape index (κ3) is 3.98. The standard InChI is InChI=1S/C15H22N2O3/c1-9(2)8-12(15(19)20-4)17-14(18)13-10(3)6-5-7-11(13)16/h5-7,9,12H,8,16H2,1-4H3,(H,17,18). The molecule has 0 radical (unpaired) electrons. The van der Waals surface area contributed by atoms with Crippen LogP contribution < -0.4 is 11.1 Å². The number of nitrogens with two attached hydrogens (primary N) is 1. The number of anilines is 1. The molecule has 0 aromatic heterocycles. The largest absolute Gasteiger partial charge is 0.467 e. The van der Waals surface area contributed by atoms with E-state index in [1.807, 2.05) is 13.8 Å². The number of nitrogen functional groups attached to an aromatic ring is 1. The Morgan fingerprint density at radius 1 is 1.35 bits per heavy atom. The van der Waals surface area contributed by atoms with E-state index in [-0.39, 0.29) is 11.8 Å². The van der Waals surface area contributed by atoms with Crippen LogP contribution in [-0.2, 0) is 9.53 Å². The molecular formula is C15H22N2O3. The van der Waals surface area contributed by atoms with Gasteiger partial charge in [-0.05, 0) is 30.9 Å². The highest BCUT2D eigenvalue weighted by atomic mass is 16.5. The van der Waals surface area contributed by atoms with Crippen LogP contribution >= 0.6 is 0 Å². The highest BCUT2D eigenvalue weighted by molar-refractivity contribution is 6.02. The first-order chi connectivity index (χ1) is 9.36. The zero-order valence-electron chi connectivity index (χ0n) is 12.4. The van der Waals surface area contributed by atoms with Crippen LogP contribution in [0.2, 0.25) is 0 Å². The fourth-order valence-corrected chi connectivity index (χ4v) is 2.06. The molecule has 1 unspecified atom stereocenters. The molecule has 1 aromatic carbocycles. The molecule has 0 aliphatic carbocycles. The van der Waals surface area contributed by atoms with Crippen molar-refractivity contribution in [2.24, 2.45) is 5.92 Å². The first-order valence-electron chi connectivity index (χ1n) is 6.60. The van der Waals surface area contributed by atoms with Gasteiger partial charge in [-0.3, -0.25) is 4.79 Å². The van der Waals surface area contributed by atoms with E-state index >= 15 is 0 Å². The van der Waals surface area contributed by atoms with Crippen LogP contribution in [0.5, 0.6) is 0 Å². The summed E-state index contributed by atoms with van der Waals surface area (Å²) in [6.07, 6.45) is 0.518. The maximum Gasteiger partial charge on any atom is 0.328 e. The van der Waals surface area contributed by atoms with Gasteiger partial charge >= 0.3 is 5.97 Å². The second-order valence-electron chi connectivity index (χ2n) is 5.22. The van der Waals surface area contributed by atoms with Crippen LogP contribution in [0.1, 0.15) is 36.2 Å². The molecule has 0 heterocycles. The summed E-state index contributed by atoms with van der Waals surface area (Å²) in [5, 5.41) is 2.70. The Hall–Kier alpha value is -2.04. The fourth-order valence-electron chi connectivity index (χ4n) is 2.06. The normalized spacial score (nSPS) is 12.1.